The number of hydrogen-bond acceptors (Lipinski definition) is 4. The van der Waals surface area contributed by atoms with E-state index in [4.69, 9.17) is 9.47 Å². The lowest BCUT2D eigenvalue weighted by Gasteiger charge is -2.23. The first kappa shape index (κ1) is 10.9. The molecule has 1 aliphatic heterocycles. The summed E-state index contributed by atoms with van der Waals surface area (Å²) in [7, 11) is 1.45. The molecule has 1 atom stereocenters. The lowest BCUT2D eigenvalue weighted by molar-refractivity contribution is -0.142. The van der Waals surface area contributed by atoms with Gasteiger partial charge in [-0.2, -0.15) is 0 Å². The molecule has 86 valence electrons. The van der Waals surface area contributed by atoms with E-state index in [1.54, 1.807) is 0 Å². The van der Waals surface area contributed by atoms with Crippen molar-refractivity contribution in [1.29, 1.82) is 0 Å². The van der Waals surface area contributed by atoms with E-state index in [0.717, 1.165) is 26.2 Å². The topological polar surface area (TPSA) is 38.8 Å². The van der Waals surface area contributed by atoms with E-state index in [0.29, 0.717) is 18.5 Å². The average Bonchev–Trinajstić information content (AvgIpc) is 2.97. The van der Waals surface area contributed by atoms with E-state index in [-0.39, 0.29) is 5.97 Å². The molecule has 1 aliphatic carbocycles. The fraction of sp³-hybridized carbons (Fsp3) is 0.909. The van der Waals surface area contributed by atoms with Crippen molar-refractivity contribution in [2.75, 3.05) is 33.4 Å². The highest BCUT2D eigenvalue weighted by molar-refractivity contribution is 5.71. The third-order valence-corrected chi connectivity index (χ3v) is 3.14. The second-order valence-electron chi connectivity index (χ2n) is 4.47. The van der Waals surface area contributed by atoms with Crippen LogP contribution >= 0.6 is 0 Å². The van der Waals surface area contributed by atoms with Gasteiger partial charge in [0.05, 0.1) is 20.3 Å². The molecular formula is C11H19NO3. The standard InChI is InChI=1S/C11H19NO3/c1-14-11(13)7-12(10-2-3-10)6-9-4-5-15-8-9/h9-10H,2-8H2,1H3. The maximum absolute atomic E-state index is 11.2. The third kappa shape index (κ3) is 3.18. The molecule has 1 unspecified atom stereocenters. The van der Waals surface area contributed by atoms with Gasteiger partial charge in [0.1, 0.15) is 0 Å². The molecule has 1 saturated heterocycles. The van der Waals surface area contributed by atoms with Gasteiger partial charge in [-0.1, -0.05) is 0 Å². The normalized spacial score (nSPS) is 25.9. The van der Waals surface area contributed by atoms with Crippen molar-refractivity contribution in [3.8, 4) is 0 Å². The number of nitrogens with zero attached hydrogens (tertiary/aromatic N) is 1. The molecule has 0 N–H and O–H groups in total. The van der Waals surface area contributed by atoms with Crippen molar-refractivity contribution in [3.63, 3.8) is 0 Å². The van der Waals surface area contributed by atoms with E-state index in [1.165, 1.54) is 20.0 Å². The molecule has 0 radical (unpaired) electrons. The van der Waals surface area contributed by atoms with Gasteiger partial charge in [-0.05, 0) is 25.2 Å². The van der Waals surface area contributed by atoms with Crippen LogP contribution in [0, 0.1) is 5.92 Å². The maximum Gasteiger partial charge on any atom is 0.319 e. The Hall–Kier alpha value is -0.610. The molecule has 0 spiro atoms. The van der Waals surface area contributed by atoms with Crippen LogP contribution in [0.15, 0.2) is 0 Å². The van der Waals surface area contributed by atoms with Gasteiger partial charge in [0.15, 0.2) is 0 Å². The van der Waals surface area contributed by atoms with Gasteiger partial charge < -0.3 is 9.47 Å². The zero-order chi connectivity index (χ0) is 10.7. The van der Waals surface area contributed by atoms with E-state index in [9.17, 15) is 4.79 Å². The molecule has 0 aromatic rings. The Morgan fingerprint density at radius 1 is 1.47 bits per heavy atom. The van der Waals surface area contributed by atoms with Crippen molar-refractivity contribution in [2.45, 2.75) is 25.3 Å². The zero-order valence-electron chi connectivity index (χ0n) is 9.28. The number of carbonyl (C=O) groups is 1. The number of hydrogen-bond donors (Lipinski definition) is 0. The molecule has 1 heterocycles. The van der Waals surface area contributed by atoms with Crippen molar-refractivity contribution in [3.05, 3.63) is 0 Å². The number of ether oxygens (including phenoxy) is 2. The van der Waals surface area contributed by atoms with Crippen molar-refractivity contribution < 1.29 is 14.3 Å². The van der Waals surface area contributed by atoms with E-state index in [2.05, 4.69) is 4.90 Å². The molecule has 15 heavy (non-hydrogen) atoms. The highest BCUT2D eigenvalue weighted by atomic mass is 16.5. The number of esters is 1. The summed E-state index contributed by atoms with van der Waals surface area (Å²) in [6.45, 7) is 3.16. The molecule has 1 saturated carbocycles. The fourth-order valence-corrected chi connectivity index (χ4v) is 2.07. The molecule has 0 aromatic carbocycles. The molecule has 2 aliphatic rings. The second kappa shape index (κ2) is 4.94. The quantitative estimate of drug-likeness (QED) is 0.629. The first-order valence-corrected chi connectivity index (χ1v) is 5.68. The Bertz CT molecular complexity index is 222. The van der Waals surface area contributed by atoms with Gasteiger partial charge in [0, 0.05) is 19.2 Å². The summed E-state index contributed by atoms with van der Waals surface area (Å²) < 4.78 is 10.1. The van der Waals surface area contributed by atoms with Crippen molar-refractivity contribution >= 4 is 5.97 Å². The van der Waals surface area contributed by atoms with Crippen LogP contribution in [0.2, 0.25) is 0 Å². The van der Waals surface area contributed by atoms with E-state index < -0.39 is 0 Å². The minimum absolute atomic E-state index is 0.124. The lowest BCUT2D eigenvalue weighted by atomic mass is 10.1. The van der Waals surface area contributed by atoms with Gasteiger partial charge >= 0.3 is 5.97 Å². The molecule has 4 heteroatoms. The van der Waals surface area contributed by atoms with Crippen LogP contribution in [0.3, 0.4) is 0 Å². The van der Waals surface area contributed by atoms with Gasteiger partial charge in [-0.3, -0.25) is 9.69 Å². The van der Waals surface area contributed by atoms with E-state index >= 15 is 0 Å². The summed E-state index contributed by atoms with van der Waals surface area (Å²) in [5.41, 5.74) is 0. The molecule has 0 amide bonds. The van der Waals surface area contributed by atoms with Gasteiger partial charge in [0.2, 0.25) is 0 Å². The average molecular weight is 213 g/mol. The Morgan fingerprint density at radius 2 is 2.27 bits per heavy atom. The van der Waals surface area contributed by atoms with E-state index in [1.807, 2.05) is 0 Å². The summed E-state index contributed by atoms with van der Waals surface area (Å²) >= 11 is 0. The molecular weight excluding hydrogens is 194 g/mol. The summed E-state index contributed by atoms with van der Waals surface area (Å²) in [4.78, 5) is 13.5. The van der Waals surface area contributed by atoms with Crippen LogP contribution in [0.1, 0.15) is 19.3 Å². The molecule has 4 nitrogen and oxygen atoms in total. The minimum atomic E-state index is -0.124. The monoisotopic (exact) mass is 213 g/mol. The lowest BCUT2D eigenvalue weighted by Crippen LogP contribution is -2.36. The number of rotatable bonds is 5. The maximum atomic E-state index is 11.2. The van der Waals surface area contributed by atoms with Crippen LogP contribution < -0.4 is 0 Å². The largest absolute Gasteiger partial charge is 0.468 e. The van der Waals surface area contributed by atoms with Crippen LogP contribution in [0.5, 0.6) is 0 Å². The predicted molar refractivity (Wildman–Crippen MR) is 55.5 cm³/mol. The highest BCUT2D eigenvalue weighted by Gasteiger charge is 2.32. The van der Waals surface area contributed by atoms with Crippen LogP contribution in [-0.2, 0) is 14.3 Å². The zero-order valence-corrected chi connectivity index (χ0v) is 9.28. The predicted octanol–water partition coefficient (Wildman–Crippen LogP) is 0.660. The fourth-order valence-electron chi connectivity index (χ4n) is 2.07. The van der Waals surface area contributed by atoms with Gasteiger partial charge in [-0.15, -0.1) is 0 Å². The molecule has 2 fully saturated rings. The Morgan fingerprint density at radius 3 is 2.80 bits per heavy atom. The second-order valence-corrected chi connectivity index (χ2v) is 4.47. The van der Waals surface area contributed by atoms with Crippen LogP contribution in [-0.4, -0.2) is 50.3 Å². The van der Waals surface area contributed by atoms with Gasteiger partial charge in [0.25, 0.3) is 0 Å². The summed E-state index contributed by atoms with van der Waals surface area (Å²) in [5.74, 6) is 0.482. The van der Waals surface area contributed by atoms with Gasteiger partial charge in [-0.25, -0.2) is 0 Å². The molecule has 0 aromatic heterocycles. The summed E-state index contributed by atoms with van der Waals surface area (Å²) in [6.07, 6.45) is 3.58. The number of methoxy groups -OCH3 is 1. The summed E-state index contributed by atoms with van der Waals surface area (Å²) in [6, 6.07) is 0.615. The first-order chi connectivity index (χ1) is 7.29. The molecule has 2 rings (SSSR count). The van der Waals surface area contributed by atoms with Crippen LogP contribution in [0.4, 0.5) is 0 Å². The van der Waals surface area contributed by atoms with Crippen LogP contribution in [0.25, 0.3) is 0 Å². The molecule has 0 bridgehead atoms. The number of carbonyl (C=O) groups excluding carboxylic acids is 1. The minimum Gasteiger partial charge on any atom is -0.468 e. The SMILES string of the molecule is COC(=O)CN(CC1CCOC1)C1CC1. The van der Waals surface area contributed by atoms with Crippen molar-refractivity contribution in [2.24, 2.45) is 5.92 Å². The Kier molecular flexibility index (Phi) is 3.59. The first-order valence-electron chi connectivity index (χ1n) is 5.68. The van der Waals surface area contributed by atoms with Crippen molar-refractivity contribution in [1.82, 2.24) is 4.90 Å². The Balaban J connectivity index is 1.79. The third-order valence-electron chi connectivity index (χ3n) is 3.14. The smallest absolute Gasteiger partial charge is 0.319 e. The summed E-state index contributed by atoms with van der Waals surface area (Å²) in [5, 5.41) is 0. The highest BCUT2D eigenvalue weighted by Crippen LogP contribution is 2.28. The Labute approximate surface area is 90.5 Å².